The number of aldehydes is 1. The molecule has 3 heteroatoms. The lowest BCUT2D eigenvalue weighted by Crippen LogP contribution is -2.57. The second-order valence-electron chi connectivity index (χ2n) is 10.5. The van der Waals surface area contributed by atoms with Crippen molar-refractivity contribution < 1.29 is 9.90 Å². The van der Waals surface area contributed by atoms with Crippen LogP contribution in [0.25, 0.3) is 0 Å². The fraction of sp³-hybridized carbons (Fsp3) is 0.833. The molecule has 0 spiro atoms. The van der Waals surface area contributed by atoms with Gasteiger partial charge < -0.3 is 15.3 Å². The largest absolute Gasteiger partial charge is 0.389 e. The lowest BCUT2D eigenvalue weighted by Gasteiger charge is -2.60. The van der Waals surface area contributed by atoms with Gasteiger partial charge in [-0.2, -0.15) is 0 Å². The van der Waals surface area contributed by atoms with E-state index in [1.165, 1.54) is 19.3 Å². The van der Waals surface area contributed by atoms with E-state index in [0.717, 1.165) is 49.5 Å². The molecule has 0 aliphatic heterocycles. The zero-order valence-electron chi connectivity index (χ0n) is 16.9. The van der Waals surface area contributed by atoms with Crippen molar-refractivity contribution in [1.29, 1.82) is 5.41 Å². The number of hydrogen-bond donors (Lipinski definition) is 2. The highest BCUT2D eigenvalue weighted by Crippen LogP contribution is 2.78. The first-order chi connectivity index (χ1) is 13.0. The number of rotatable bonds is 4. The van der Waals surface area contributed by atoms with Crippen molar-refractivity contribution in [1.82, 2.24) is 0 Å². The molecular formula is C24H35NO2. The molecule has 5 rings (SSSR count). The van der Waals surface area contributed by atoms with Gasteiger partial charge in [0.1, 0.15) is 6.29 Å². The van der Waals surface area contributed by atoms with E-state index in [9.17, 15) is 9.90 Å². The van der Waals surface area contributed by atoms with Crippen LogP contribution in [0.1, 0.15) is 71.6 Å². The van der Waals surface area contributed by atoms with Crippen molar-refractivity contribution in [2.24, 2.45) is 46.8 Å². The molecule has 27 heavy (non-hydrogen) atoms. The van der Waals surface area contributed by atoms with Crippen LogP contribution in [-0.2, 0) is 4.79 Å². The molecule has 148 valence electrons. The maximum atomic E-state index is 11.9. The molecular weight excluding hydrogens is 334 g/mol. The maximum absolute atomic E-state index is 11.9. The van der Waals surface area contributed by atoms with Crippen molar-refractivity contribution in [2.75, 3.05) is 0 Å². The Morgan fingerprint density at radius 2 is 2.15 bits per heavy atom. The van der Waals surface area contributed by atoms with Crippen molar-refractivity contribution in [2.45, 2.75) is 77.2 Å². The number of hydrogen-bond acceptors (Lipinski definition) is 3. The quantitative estimate of drug-likeness (QED) is 0.701. The van der Waals surface area contributed by atoms with Gasteiger partial charge in [0.25, 0.3) is 0 Å². The van der Waals surface area contributed by atoms with Crippen molar-refractivity contribution >= 4 is 12.0 Å². The van der Waals surface area contributed by atoms with Crippen molar-refractivity contribution in [3.8, 4) is 0 Å². The fourth-order valence-electron chi connectivity index (χ4n) is 8.93. The van der Waals surface area contributed by atoms with Gasteiger partial charge in [0.2, 0.25) is 0 Å². The molecule has 2 N–H and O–H groups in total. The van der Waals surface area contributed by atoms with Crippen LogP contribution in [0.3, 0.4) is 0 Å². The van der Waals surface area contributed by atoms with E-state index in [2.05, 4.69) is 19.9 Å². The molecule has 9 atom stereocenters. The molecule has 6 unspecified atom stereocenters. The lowest BCUT2D eigenvalue weighted by molar-refractivity contribution is -0.162. The van der Waals surface area contributed by atoms with Gasteiger partial charge in [-0.05, 0) is 98.9 Å². The number of allylic oxidation sites excluding steroid dienone is 2. The highest BCUT2D eigenvalue weighted by Gasteiger charge is 2.76. The summed E-state index contributed by atoms with van der Waals surface area (Å²) in [5.41, 5.74) is 1.83. The minimum absolute atomic E-state index is 0.0433. The van der Waals surface area contributed by atoms with Gasteiger partial charge in [0.15, 0.2) is 0 Å². The summed E-state index contributed by atoms with van der Waals surface area (Å²) in [6.07, 6.45) is 12.3. The molecule has 3 nitrogen and oxygen atoms in total. The van der Waals surface area contributed by atoms with Crippen LogP contribution in [0.4, 0.5) is 0 Å². The van der Waals surface area contributed by atoms with E-state index in [4.69, 9.17) is 5.41 Å². The van der Waals surface area contributed by atoms with Gasteiger partial charge in [0.05, 0.1) is 5.60 Å². The van der Waals surface area contributed by atoms with Gasteiger partial charge >= 0.3 is 0 Å². The molecule has 5 aliphatic rings. The normalized spacial score (nSPS) is 52.9. The fourth-order valence-corrected chi connectivity index (χ4v) is 8.93. The maximum Gasteiger partial charge on any atom is 0.120 e. The van der Waals surface area contributed by atoms with E-state index >= 15 is 0 Å². The third kappa shape index (κ3) is 2.24. The van der Waals surface area contributed by atoms with Gasteiger partial charge in [-0.3, -0.25) is 0 Å². The van der Waals surface area contributed by atoms with Crippen LogP contribution >= 0.6 is 0 Å². The Morgan fingerprint density at radius 3 is 2.89 bits per heavy atom. The Hall–Kier alpha value is -0.960. The second kappa shape index (κ2) is 6.02. The highest BCUT2D eigenvalue weighted by atomic mass is 16.3. The van der Waals surface area contributed by atoms with Crippen LogP contribution in [0.2, 0.25) is 0 Å². The summed E-state index contributed by atoms with van der Waals surface area (Å²) >= 11 is 0. The molecule has 0 aromatic heterocycles. The van der Waals surface area contributed by atoms with E-state index < -0.39 is 5.60 Å². The van der Waals surface area contributed by atoms with Crippen molar-refractivity contribution in [3.63, 3.8) is 0 Å². The van der Waals surface area contributed by atoms with Gasteiger partial charge in [-0.25, -0.2) is 0 Å². The van der Waals surface area contributed by atoms with Gasteiger partial charge in [0, 0.05) is 17.5 Å². The first-order valence-electron chi connectivity index (χ1n) is 11.4. The standard InChI is InChI=1S/C24H35NO2/c1-3-23-9-7-18-17-6-5-16(25)12-15(17)11-14(2)21(18)22(23)19-13-20(19)24(23,27)8-4-10-26/h10,12,14,17-22,25,27H,3-9,11,13H2,1-2H3/t14-,17?,18?,19-,20+,21?,22?,23?,24?/m0/s1. The predicted octanol–water partition coefficient (Wildman–Crippen LogP) is 4.78. The zero-order chi connectivity index (χ0) is 19.0. The number of fused-ring (bicyclic) bond motifs is 7. The monoisotopic (exact) mass is 369 g/mol. The van der Waals surface area contributed by atoms with Crippen LogP contribution in [0, 0.1) is 52.2 Å². The lowest BCUT2D eigenvalue weighted by atomic mass is 9.45. The number of carbonyl (C=O) groups excluding carboxylic acids is 1. The third-order valence-corrected chi connectivity index (χ3v) is 9.81. The first-order valence-corrected chi connectivity index (χ1v) is 11.4. The summed E-state index contributed by atoms with van der Waals surface area (Å²) < 4.78 is 0. The summed E-state index contributed by atoms with van der Waals surface area (Å²) in [5, 5.41) is 20.0. The smallest absolute Gasteiger partial charge is 0.120 e. The summed E-state index contributed by atoms with van der Waals surface area (Å²) in [7, 11) is 0. The first kappa shape index (κ1) is 18.1. The molecule has 4 saturated carbocycles. The Labute approximate surface area is 163 Å². The molecule has 0 bridgehead atoms. The molecule has 0 saturated heterocycles. The summed E-state index contributed by atoms with van der Waals surface area (Å²) in [6.45, 7) is 4.74. The minimum atomic E-state index is -0.604. The Morgan fingerprint density at radius 1 is 1.33 bits per heavy atom. The van der Waals surface area contributed by atoms with Crippen molar-refractivity contribution in [3.05, 3.63) is 11.6 Å². The number of carbonyl (C=O) groups is 1. The van der Waals surface area contributed by atoms with Crippen LogP contribution in [-0.4, -0.2) is 22.7 Å². The Bertz CT molecular complexity index is 698. The molecule has 0 heterocycles. The van der Waals surface area contributed by atoms with E-state index in [1.54, 1.807) is 5.57 Å². The average Bonchev–Trinajstić information content (AvgIpc) is 3.42. The zero-order valence-corrected chi connectivity index (χ0v) is 16.9. The molecule has 0 aromatic rings. The highest BCUT2D eigenvalue weighted by molar-refractivity contribution is 5.93. The number of aliphatic hydroxyl groups is 1. The number of nitrogens with one attached hydrogen (secondary N) is 1. The summed E-state index contributed by atoms with van der Waals surface area (Å²) in [4.78, 5) is 11.1. The van der Waals surface area contributed by atoms with Crippen LogP contribution < -0.4 is 0 Å². The van der Waals surface area contributed by atoms with E-state index in [1.807, 2.05) is 0 Å². The summed E-state index contributed by atoms with van der Waals surface area (Å²) in [6, 6.07) is 0. The van der Waals surface area contributed by atoms with Gasteiger partial charge in [-0.1, -0.05) is 19.4 Å². The third-order valence-electron chi connectivity index (χ3n) is 9.81. The topological polar surface area (TPSA) is 61.1 Å². The Balaban J connectivity index is 1.52. The molecule has 4 fully saturated rings. The second-order valence-corrected chi connectivity index (χ2v) is 10.5. The SMILES string of the molecule is CCC12CCC3C4CCC(=N)C=C4C[C@H](C)C3C1[C@H]1C[C@H]1C2(O)CCC=O. The van der Waals surface area contributed by atoms with Gasteiger partial charge in [-0.15, -0.1) is 0 Å². The predicted molar refractivity (Wildman–Crippen MR) is 107 cm³/mol. The molecule has 5 aliphatic carbocycles. The molecule has 0 radical (unpaired) electrons. The molecule has 0 aromatic carbocycles. The molecule has 0 amide bonds. The minimum Gasteiger partial charge on any atom is -0.389 e. The average molecular weight is 370 g/mol. The van der Waals surface area contributed by atoms with Crippen LogP contribution in [0.5, 0.6) is 0 Å². The Kier molecular flexibility index (Phi) is 4.03. The van der Waals surface area contributed by atoms with E-state index in [-0.39, 0.29) is 5.41 Å². The van der Waals surface area contributed by atoms with Crippen LogP contribution in [0.15, 0.2) is 11.6 Å². The summed E-state index contributed by atoms with van der Waals surface area (Å²) in [5.74, 6) is 4.64. The van der Waals surface area contributed by atoms with E-state index in [0.29, 0.717) is 42.4 Å².